The molecule has 120 valence electrons. The van der Waals surface area contributed by atoms with Gasteiger partial charge in [-0.1, -0.05) is 0 Å². The van der Waals surface area contributed by atoms with Gasteiger partial charge in [0.15, 0.2) is 0 Å². The van der Waals surface area contributed by atoms with Gasteiger partial charge >= 0.3 is 11.9 Å². The van der Waals surface area contributed by atoms with Crippen molar-refractivity contribution in [1.29, 1.82) is 0 Å². The van der Waals surface area contributed by atoms with Gasteiger partial charge in [0.05, 0.1) is 6.04 Å². The largest absolute Gasteiger partial charge is 0.481 e. The van der Waals surface area contributed by atoms with Gasteiger partial charge in [0.1, 0.15) is 12.6 Å². The number of carbonyl (C=O) groups excluding carboxylic acids is 2. The first-order chi connectivity index (χ1) is 9.77. The molecule has 2 unspecified atom stereocenters. The normalized spacial score (nSPS) is 13.0. The third kappa shape index (κ3) is 8.87. The molecule has 0 radical (unpaired) electrons. The number of thioether (sulfide) groups is 1. The lowest BCUT2D eigenvalue weighted by molar-refractivity contribution is -0.138. The minimum atomic E-state index is -1.20. The predicted octanol–water partition coefficient (Wildman–Crippen LogP) is -1.77. The van der Waals surface area contributed by atoms with E-state index in [0.29, 0.717) is 0 Å². The molecule has 0 fully saturated rings. The number of aliphatic carboxylic acids is 2. The summed E-state index contributed by atoms with van der Waals surface area (Å²) < 4.78 is 0. The monoisotopic (exact) mass is 321 g/mol. The van der Waals surface area contributed by atoms with E-state index in [4.69, 9.17) is 15.9 Å². The van der Waals surface area contributed by atoms with Crippen LogP contribution in [0.3, 0.4) is 0 Å². The zero-order valence-corrected chi connectivity index (χ0v) is 12.3. The van der Waals surface area contributed by atoms with Crippen LogP contribution < -0.4 is 16.4 Å². The lowest BCUT2D eigenvalue weighted by Crippen LogP contribution is -2.53. The first-order valence-corrected chi connectivity index (χ1v) is 7.43. The number of carboxylic acid groups (broad SMARTS) is 2. The van der Waals surface area contributed by atoms with Gasteiger partial charge in [0, 0.05) is 12.2 Å². The summed E-state index contributed by atoms with van der Waals surface area (Å²) in [5.74, 6) is -3.32. The number of carboxylic acids is 2. The Morgan fingerprint density at radius 2 is 1.76 bits per heavy atom. The molecule has 0 aliphatic heterocycles. The van der Waals surface area contributed by atoms with Crippen LogP contribution in [0.5, 0.6) is 0 Å². The summed E-state index contributed by atoms with van der Waals surface area (Å²) in [5.41, 5.74) is 5.52. The van der Waals surface area contributed by atoms with E-state index in [9.17, 15) is 19.2 Å². The molecule has 0 heterocycles. The highest BCUT2D eigenvalue weighted by Crippen LogP contribution is 2.00. The van der Waals surface area contributed by atoms with E-state index in [1.165, 1.54) is 11.8 Å². The lowest BCUT2D eigenvalue weighted by Gasteiger charge is -2.19. The molecule has 0 aliphatic rings. The molecule has 10 heteroatoms. The van der Waals surface area contributed by atoms with Crippen LogP contribution in [0, 0.1) is 0 Å². The zero-order chi connectivity index (χ0) is 16.4. The summed E-state index contributed by atoms with van der Waals surface area (Å²) >= 11 is 1.29. The summed E-state index contributed by atoms with van der Waals surface area (Å²) in [6.07, 6.45) is 1.41. The van der Waals surface area contributed by atoms with Crippen molar-refractivity contribution in [3.63, 3.8) is 0 Å². The topological polar surface area (TPSA) is 159 Å². The molecule has 0 aromatic heterocycles. The second kappa shape index (κ2) is 10.00. The van der Waals surface area contributed by atoms with Crippen LogP contribution in [0.4, 0.5) is 0 Å². The van der Waals surface area contributed by atoms with Crippen molar-refractivity contribution in [3.05, 3.63) is 0 Å². The lowest BCUT2D eigenvalue weighted by atomic mass is 10.1. The highest BCUT2D eigenvalue weighted by Gasteiger charge is 2.23. The molecule has 0 aromatic rings. The summed E-state index contributed by atoms with van der Waals surface area (Å²) in [6, 6.07) is -1.97. The fourth-order valence-corrected chi connectivity index (χ4v) is 1.89. The quantitative estimate of drug-likeness (QED) is 0.316. The number of amides is 2. The predicted molar refractivity (Wildman–Crippen MR) is 75.8 cm³/mol. The first-order valence-electron chi connectivity index (χ1n) is 6.04. The Hall–Kier alpha value is -1.81. The Bertz CT molecular complexity index is 403. The summed E-state index contributed by atoms with van der Waals surface area (Å²) in [7, 11) is 0. The fourth-order valence-electron chi connectivity index (χ4n) is 1.32. The van der Waals surface area contributed by atoms with Gasteiger partial charge in [-0.15, -0.1) is 0 Å². The third-order valence-corrected chi connectivity index (χ3v) is 3.05. The van der Waals surface area contributed by atoms with E-state index in [0.717, 1.165) is 0 Å². The molecule has 21 heavy (non-hydrogen) atoms. The maximum absolute atomic E-state index is 11.7. The van der Waals surface area contributed by atoms with Crippen molar-refractivity contribution >= 4 is 35.5 Å². The highest BCUT2D eigenvalue weighted by atomic mass is 32.2. The molecular formula is C11H19N3O6S. The molecule has 0 rings (SSSR count). The SMILES string of the molecule is CSCC(NC(=O)C(N)CCC(=O)O)C(=O)NCC(=O)O. The highest BCUT2D eigenvalue weighted by molar-refractivity contribution is 7.98. The smallest absolute Gasteiger partial charge is 0.322 e. The van der Waals surface area contributed by atoms with Gasteiger partial charge in [-0.25, -0.2) is 0 Å². The molecule has 0 bridgehead atoms. The summed E-state index contributed by atoms with van der Waals surface area (Å²) in [4.78, 5) is 44.3. The molecule has 9 nitrogen and oxygen atoms in total. The molecule has 0 spiro atoms. The molecule has 6 N–H and O–H groups in total. The van der Waals surface area contributed by atoms with Gasteiger partial charge in [-0.05, 0) is 12.7 Å². The number of nitrogens with one attached hydrogen (secondary N) is 2. The maximum atomic E-state index is 11.7. The van der Waals surface area contributed by atoms with E-state index >= 15 is 0 Å². The van der Waals surface area contributed by atoms with E-state index < -0.39 is 42.4 Å². The van der Waals surface area contributed by atoms with Crippen LogP contribution in [-0.4, -0.2) is 64.6 Å². The Morgan fingerprint density at radius 3 is 2.24 bits per heavy atom. The number of hydrogen-bond donors (Lipinski definition) is 5. The van der Waals surface area contributed by atoms with Crippen LogP contribution in [0.15, 0.2) is 0 Å². The van der Waals surface area contributed by atoms with Crippen molar-refractivity contribution < 1.29 is 29.4 Å². The van der Waals surface area contributed by atoms with E-state index in [2.05, 4.69) is 10.6 Å². The third-order valence-electron chi connectivity index (χ3n) is 2.39. The minimum absolute atomic E-state index is 0.0517. The van der Waals surface area contributed by atoms with Gasteiger partial charge < -0.3 is 26.6 Å². The Balaban J connectivity index is 4.46. The van der Waals surface area contributed by atoms with Gasteiger partial charge in [0.25, 0.3) is 0 Å². The standard InChI is InChI=1S/C11H19N3O6S/c1-21-5-7(11(20)13-4-9(17)18)14-10(19)6(12)2-3-8(15)16/h6-7H,2-5,12H2,1H3,(H,13,20)(H,14,19)(H,15,16)(H,17,18). The van der Waals surface area contributed by atoms with Crippen LogP contribution >= 0.6 is 11.8 Å². The summed E-state index contributed by atoms with van der Waals surface area (Å²) in [5, 5.41) is 21.5. The van der Waals surface area contributed by atoms with E-state index in [-0.39, 0.29) is 18.6 Å². The molecule has 0 aromatic carbocycles. The number of hydrogen-bond acceptors (Lipinski definition) is 6. The Labute approximate surface area is 125 Å². The van der Waals surface area contributed by atoms with Crippen molar-refractivity contribution in [2.45, 2.75) is 24.9 Å². The second-order valence-corrected chi connectivity index (χ2v) is 5.08. The van der Waals surface area contributed by atoms with Crippen LogP contribution in [0.25, 0.3) is 0 Å². The average molecular weight is 321 g/mol. The maximum Gasteiger partial charge on any atom is 0.322 e. The van der Waals surface area contributed by atoms with Crippen LogP contribution in [0.1, 0.15) is 12.8 Å². The average Bonchev–Trinajstić information content (AvgIpc) is 2.41. The van der Waals surface area contributed by atoms with Crippen molar-refractivity contribution in [2.75, 3.05) is 18.6 Å². The first kappa shape index (κ1) is 19.2. The summed E-state index contributed by atoms with van der Waals surface area (Å²) in [6.45, 7) is -0.551. The van der Waals surface area contributed by atoms with E-state index in [1.807, 2.05) is 0 Å². The zero-order valence-electron chi connectivity index (χ0n) is 11.5. The van der Waals surface area contributed by atoms with Gasteiger partial charge in [-0.2, -0.15) is 11.8 Å². The van der Waals surface area contributed by atoms with Gasteiger partial charge in [-0.3, -0.25) is 19.2 Å². The van der Waals surface area contributed by atoms with Crippen LogP contribution in [0.2, 0.25) is 0 Å². The number of rotatable bonds is 10. The molecule has 0 saturated heterocycles. The van der Waals surface area contributed by atoms with E-state index in [1.54, 1.807) is 6.26 Å². The Morgan fingerprint density at radius 1 is 1.14 bits per heavy atom. The fraction of sp³-hybridized carbons (Fsp3) is 0.636. The second-order valence-electron chi connectivity index (χ2n) is 4.17. The van der Waals surface area contributed by atoms with Crippen molar-refractivity contribution in [1.82, 2.24) is 10.6 Å². The number of carbonyl (C=O) groups is 4. The molecule has 0 saturated carbocycles. The molecule has 2 amide bonds. The van der Waals surface area contributed by atoms with Crippen molar-refractivity contribution in [3.8, 4) is 0 Å². The Kier molecular flexibility index (Phi) is 9.13. The van der Waals surface area contributed by atoms with Crippen LogP contribution in [-0.2, 0) is 19.2 Å². The molecule has 2 atom stereocenters. The van der Waals surface area contributed by atoms with Gasteiger partial charge in [0.2, 0.25) is 11.8 Å². The minimum Gasteiger partial charge on any atom is -0.481 e. The molecular weight excluding hydrogens is 302 g/mol. The van der Waals surface area contributed by atoms with Crippen molar-refractivity contribution in [2.24, 2.45) is 5.73 Å². The number of nitrogens with two attached hydrogens (primary N) is 1. The molecule has 0 aliphatic carbocycles.